The molecule has 2 nitrogen and oxygen atoms in total. The second kappa shape index (κ2) is 18.5. The van der Waals surface area contributed by atoms with Crippen LogP contribution in [-0.2, 0) is 22.7 Å². The molecule has 0 N–H and O–H groups in total. The molecule has 0 heterocycles. The average Bonchev–Trinajstić information content (AvgIpc) is 2.74. The van der Waals surface area contributed by atoms with E-state index in [4.69, 9.17) is 9.47 Å². The highest BCUT2D eigenvalue weighted by molar-refractivity contribution is 9.14. The van der Waals surface area contributed by atoms with Crippen LogP contribution in [0.5, 0.6) is 0 Å². The summed E-state index contributed by atoms with van der Waals surface area (Å²) in [5.74, 6) is 0. The maximum absolute atomic E-state index is 5.99. The van der Waals surface area contributed by atoms with Gasteiger partial charge in [-0.3, -0.25) is 0 Å². The Bertz CT molecular complexity index is 546. The standard InChI is InChI=1S/C24H38Br4O2/c1-3-5-7-9-11-13-15-29-17-19-21(25)20(23(27)24(28)22(19)26)18-30-16-14-12-10-8-6-4-2/h3-18H2,1-2H3. The number of hydrogen-bond acceptors (Lipinski definition) is 2. The van der Waals surface area contributed by atoms with Crippen molar-refractivity contribution >= 4 is 63.7 Å². The first-order valence-electron chi connectivity index (χ1n) is 11.5. The Morgan fingerprint density at radius 1 is 0.467 bits per heavy atom. The van der Waals surface area contributed by atoms with Gasteiger partial charge in [0.05, 0.1) is 13.2 Å². The molecule has 1 rings (SSSR count). The van der Waals surface area contributed by atoms with E-state index in [0.29, 0.717) is 13.2 Å². The van der Waals surface area contributed by atoms with Gasteiger partial charge in [0, 0.05) is 42.2 Å². The Kier molecular flexibility index (Phi) is 17.9. The molecule has 0 aromatic heterocycles. The number of unbranched alkanes of at least 4 members (excludes halogenated alkanes) is 10. The van der Waals surface area contributed by atoms with Crippen molar-refractivity contribution < 1.29 is 9.47 Å². The largest absolute Gasteiger partial charge is 0.377 e. The first-order valence-corrected chi connectivity index (χ1v) is 14.7. The molecule has 0 bridgehead atoms. The molecule has 0 unspecified atom stereocenters. The Labute approximate surface area is 218 Å². The monoisotopic (exact) mass is 674 g/mol. The van der Waals surface area contributed by atoms with E-state index in [9.17, 15) is 0 Å². The smallest absolute Gasteiger partial charge is 0.0739 e. The van der Waals surface area contributed by atoms with E-state index < -0.39 is 0 Å². The van der Waals surface area contributed by atoms with E-state index in [1.165, 1.54) is 64.2 Å². The zero-order valence-corrected chi connectivity index (χ0v) is 25.0. The lowest BCUT2D eigenvalue weighted by Crippen LogP contribution is -2.04. The molecule has 0 spiro atoms. The molecule has 0 radical (unpaired) electrons. The SMILES string of the molecule is CCCCCCCCOCc1c(Br)c(Br)c(Br)c(COCCCCCCCC)c1Br. The zero-order chi connectivity index (χ0) is 22.2. The van der Waals surface area contributed by atoms with Crippen LogP contribution in [0.1, 0.15) is 102 Å². The van der Waals surface area contributed by atoms with Crippen molar-refractivity contribution in [3.05, 3.63) is 29.0 Å². The molecule has 1 aromatic carbocycles. The van der Waals surface area contributed by atoms with Gasteiger partial charge in [-0.15, -0.1) is 0 Å². The van der Waals surface area contributed by atoms with Crippen LogP contribution in [0, 0.1) is 0 Å². The van der Waals surface area contributed by atoms with Crippen molar-refractivity contribution in [3.63, 3.8) is 0 Å². The summed E-state index contributed by atoms with van der Waals surface area (Å²) in [6, 6.07) is 0. The van der Waals surface area contributed by atoms with Gasteiger partial charge in [0.25, 0.3) is 0 Å². The summed E-state index contributed by atoms with van der Waals surface area (Å²) in [7, 11) is 0. The third-order valence-electron chi connectivity index (χ3n) is 5.22. The quantitative estimate of drug-likeness (QED) is 0.0875. The van der Waals surface area contributed by atoms with Gasteiger partial charge in [0.15, 0.2) is 0 Å². The molecule has 174 valence electrons. The first kappa shape index (κ1) is 29.1. The van der Waals surface area contributed by atoms with Crippen LogP contribution in [0.4, 0.5) is 0 Å². The first-order chi connectivity index (χ1) is 14.5. The Morgan fingerprint density at radius 2 is 0.833 bits per heavy atom. The van der Waals surface area contributed by atoms with Crippen LogP contribution in [0.3, 0.4) is 0 Å². The summed E-state index contributed by atoms with van der Waals surface area (Å²) >= 11 is 14.9. The lowest BCUT2D eigenvalue weighted by atomic mass is 10.1. The molecule has 0 fully saturated rings. The third kappa shape index (κ3) is 11.3. The van der Waals surface area contributed by atoms with Crippen molar-refractivity contribution in [1.82, 2.24) is 0 Å². The predicted octanol–water partition coefficient (Wildman–Crippen LogP) is 10.5. The highest BCUT2D eigenvalue weighted by Gasteiger charge is 2.19. The van der Waals surface area contributed by atoms with Crippen molar-refractivity contribution in [2.75, 3.05) is 13.2 Å². The maximum atomic E-state index is 5.99. The van der Waals surface area contributed by atoms with Gasteiger partial charge in [-0.2, -0.15) is 0 Å². The minimum Gasteiger partial charge on any atom is -0.377 e. The minimum absolute atomic E-state index is 0.590. The number of halogens is 4. The molecule has 0 atom stereocenters. The van der Waals surface area contributed by atoms with E-state index in [1.54, 1.807) is 0 Å². The summed E-state index contributed by atoms with van der Waals surface area (Å²) in [5.41, 5.74) is 2.27. The fourth-order valence-electron chi connectivity index (χ4n) is 3.31. The van der Waals surface area contributed by atoms with Gasteiger partial charge in [0.1, 0.15) is 0 Å². The summed E-state index contributed by atoms with van der Waals surface area (Å²) < 4.78 is 16.1. The summed E-state index contributed by atoms with van der Waals surface area (Å²) in [6.07, 6.45) is 15.4. The summed E-state index contributed by atoms with van der Waals surface area (Å²) in [4.78, 5) is 0. The van der Waals surface area contributed by atoms with Gasteiger partial charge in [0.2, 0.25) is 0 Å². The van der Waals surface area contributed by atoms with E-state index in [2.05, 4.69) is 77.6 Å². The van der Waals surface area contributed by atoms with Crippen molar-refractivity contribution in [3.8, 4) is 0 Å². The van der Waals surface area contributed by atoms with Crippen molar-refractivity contribution in [2.24, 2.45) is 0 Å². The van der Waals surface area contributed by atoms with E-state index in [-0.39, 0.29) is 0 Å². The summed E-state index contributed by atoms with van der Waals surface area (Å²) in [5, 5.41) is 0. The Balaban J connectivity index is 2.48. The van der Waals surface area contributed by atoms with Crippen molar-refractivity contribution in [1.29, 1.82) is 0 Å². The normalized spacial score (nSPS) is 11.4. The Morgan fingerprint density at radius 3 is 1.23 bits per heavy atom. The second-order valence-electron chi connectivity index (χ2n) is 7.85. The predicted molar refractivity (Wildman–Crippen MR) is 143 cm³/mol. The molecule has 0 saturated heterocycles. The van der Waals surface area contributed by atoms with Crippen LogP contribution in [0.2, 0.25) is 0 Å². The number of hydrogen-bond donors (Lipinski definition) is 0. The van der Waals surface area contributed by atoms with Gasteiger partial charge in [-0.25, -0.2) is 0 Å². The maximum Gasteiger partial charge on any atom is 0.0739 e. The van der Waals surface area contributed by atoms with Crippen LogP contribution in [0.25, 0.3) is 0 Å². The fraction of sp³-hybridized carbons (Fsp3) is 0.750. The molecule has 6 heteroatoms. The van der Waals surface area contributed by atoms with Crippen LogP contribution < -0.4 is 0 Å². The van der Waals surface area contributed by atoms with Crippen LogP contribution in [0.15, 0.2) is 17.9 Å². The highest BCUT2D eigenvalue weighted by Crippen LogP contribution is 2.42. The van der Waals surface area contributed by atoms with Crippen LogP contribution in [-0.4, -0.2) is 13.2 Å². The molecule has 1 aromatic rings. The Hall–Kier alpha value is 1.06. The van der Waals surface area contributed by atoms with E-state index in [1.807, 2.05) is 0 Å². The third-order valence-corrected chi connectivity index (χ3v) is 9.79. The number of ether oxygens (including phenoxy) is 2. The minimum atomic E-state index is 0.590. The number of benzene rings is 1. The highest BCUT2D eigenvalue weighted by atomic mass is 79.9. The second-order valence-corrected chi connectivity index (χ2v) is 11.0. The van der Waals surface area contributed by atoms with Crippen molar-refractivity contribution in [2.45, 2.75) is 104 Å². The molecule has 0 aliphatic heterocycles. The van der Waals surface area contributed by atoms with Crippen LogP contribution >= 0.6 is 63.7 Å². The zero-order valence-electron chi connectivity index (χ0n) is 18.6. The van der Waals surface area contributed by atoms with E-state index >= 15 is 0 Å². The van der Waals surface area contributed by atoms with Gasteiger partial charge in [-0.05, 0) is 76.6 Å². The average molecular weight is 678 g/mol. The van der Waals surface area contributed by atoms with Gasteiger partial charge >= 0.3 is 0 Å². The molecular weight excluding hydrogens is 640 g/mol. The topological polar surface area (TPSA) is 18.5 Å². The van der Waals surface area contributed by atoms with Gasteiger partial charge < -0.3 is 9.47 Å². The fourth-order valence-corrected chi connectivity index (χ4v) is 6.23. The lowest BCUT2D eigenvalue weighted by molar-refractivity contribution is 0.111. The molecule has 0 aliphatic carbocycles. The van der Waals surface area contributed by atoms with E-state index in [0.717, 1.165) is 55.1 Å². The summed E-state index contributed by atoms with van der Waals surface area (Å²) in [6.45, 7) is 7.30. The number of rotatable bonds is 18. The van der Waals surface area contributed by atoms with Gasteiger partial charge in [-0.1, -0.05) is 78.1 Å². The molecular formula is C24H38Br4O2. The molecule has 30 heavy (non-hydrogen) atoms. The molecule has 0 aliphatic rings. The molecule has 0 amide bonds. The lowest BCUT2D eigenvalue weighted by Gasteiger charge is -2.17. The molecule has 0 saturated carbocycles.